The zero-order valence-electron chi connectivity index (χ0n) is 13.2. The van der Waals surface area contributed by atoms with E-state index < -0.39 is 0 Å². The normalized spacial score (nSPS) is 11.0. The SMILES string of the molecule is CC(C)(C)[C](CC#N)c1ccc(-c2ccc(C#N)cc2)cc1. The Morgan fingerprint density at radius 1 is 0.864 bits per heavy atom. The number of hydrogen-bond acceptors (Lipinski definition) is 2. The molecule has 0 amide bonds. The molecule has 0 aliphatic heterocycles. The number of hydrogen-bond donors (Lipinski definition) is 0. The van der Waals surface area contributed by atoms with Crippen molar-refractivity contribution < 1.29 is 0 Å². The molecule has 0 saturated heterocycles. The zero-order chi connectivity index (χ0) is 16.2. The van der Waals surface area contributed by atoms with E-state index in [4.69, 9.17) is 10.5 Å². The standard InChI is InChI=1S/C20H19N2/c1-20(2,3)19(12-13-21)18-10-8-17(9-11-18)16-6-4-15(14-22)5-7-16/h4-11H,12H2,1-3H3. The van der Waals surface area contributed by atoms with Gasteiger partial charge in [0.1, 0.15) is 0 Å². The first-order chi connectivity index (χ1) is 10.5. The first kappa shape index (κ1) is 15.8. The van der Waals surface area contributed by atoms with Crippen LogP contribution in [-0.2, 0) is 0 Å². The number of nitriles is 2. The molecule has 0 aromatic heterocycles. The van der Waals surface area contributed by atoms with Gasteiger partial charge in [0.05, 0.1) is 17.7 Å². The van der Waals surface area contributed by atoms with Crippen molar-refractivity contribution in [3.8, 4) is 23.3 Å². The Kier molecular flexibility index (Phi) is 4.64. The summed E-state index contributed by atoms with van der Waals surface area (Å²) in [6, 6.07) is 20.2. The lowest BCUT2D eigenvalue weighted by molar-refractivity contribution is 0.439. The highest BCUT2D eigenvalue weighted by Gasteiger charge is 2.26. The minimum absolute atomic E-state index is 0.0221. The van der Waals surface area contributed by atoms with Crippen LogP contribution in [0.3, 0.4) is 0 Å². The Balaban J connectivity index is 2.29. The van der Waals surface area contributed by atoms with Gasteiger partial charge < -0.3 is 0 Å². The van der Waals surface area contributed by atoms with Crippen molar-refractivity contribution in [2.24, 2.45) is 5.41 Å². The fourth-order valence-corrected chi connectivity index (χ4v) is 2.48. The lowest BCUT2D eigenvalue weighted by Gasteiger charge is -2.28. The lowest BCUT2D eigenvalue weighted by Crippen LogP contribution is -2.18. The second-order valence-electron chi connectivity index (χ2n) is 6.33. The van der Waals surface area contributed by atoms with E-state index >= 15 is 0 Å². The Morgan fingerprint density at radius 2 is 1.36 bits per heavy atom. The second kappa shape index (κ2) is 6.46. The molecule has 0 saturated carbocycles. The third-order valence-electron chi connectivity index (χ3n) is 3.74. The van der Waals surface area contributed by atoms with Crippen LogP contribution in [0.25, 0.3) is 11.1 Å². The summed E-state index contributed by atoms with van der Waals surface area (Å²) in [5, 5.41) is 17.9. The molecule has 0 spiro atoms. The minimum Gasteiger partial charge on any atom is -0.198 e. The molecule has 2 aromatic rings. The van der Waals surface area contributed by atoms with Gasteiger partial charge in [-0.15, -0.1) is 0 Å². The number of rotatable bonds is 3. The van der Waals surface area contributed by atoms with E-state index in [-0.39, 0.29) is 5.41 Å². The third-order valence-corrected chi connectivity index (χ3v) is 3.74. The first-order valence-electron chi connectivity index (χ1n) is 7.30. The third kappa shape index (κ3) is 3.54. The van der Waals surface area contributed by atoms with Gasteiger partial charge in [-0.05, 0) is 34.2 Å². The van der Waals surface area contributed by atoms with Crippen molar-refractivity contribution >= 4 is 0 Å². The topological polar surface area (TPSA) is 47.6 Å². The number of benzene rings is 2. The van der Waals surface area contributed by atoms with Crippen molar-refractivity contribution in [3.05, 3.63) is 65.6 Å². The van der Waals surface area contributed by atoms with Gasteiger partial charge in [-0.1, -0.05) is 57.2 Å². The predicted molar refractivity (Wildman–Crippen MR) is 88.6 cm³/mol. The van der Waals surface area contributed by atoms with E-state index in [0.717, 1.165) is 22.6 Å². The molecule has 2 heteroatoms. The maximum atomic E-state index is 9.05. The van der Waals surface area contributed by atoms with Gasteiger partial charge >= 0.3 is 0 Å². The van der Waals surface area contributed by atoms with Crippen LogP contribution in [0, 0.1) is 34.0 Å². The summed E-state index contributed by atoms with van der Waals surface area (Å²) in [7, 11) is 0. The van der Waals surface area contributed by atoms with Crippen LogP contribution in [0.5, 0.6) is 0 Å². The summed E-state index contributed by atoms with van der Waals surface area (Å²) in [5.41, 5.74) is 3.96. The van der Waals surface area contributed by atoms with Crippen molar-refractivity contribution in [2.75, 3.05) is 0 Å². The summed E-state index contributed by atoms with van der Waals surface area (Å²) >= 11 is 0. The fourth-order valence-electron chi connectivity index (χ4n) is 2.48. The maximum Gasteiger partial charge on any atom is 0.0991 e. The lowest BCUT2D eigenvalue weighted by atomic mass is 9.75. The fraction of sp³-hybridized carbons (Fsp3) is 0.250. The largest absolute Gasteiger partial charge is 0.198 e. The molecule has 1 radical (unpaired) electrons. The van der Waals surface area contributed by atoms with Crippen LogP contribution >= 0.6 is 0 Å². The van der Waals surface area contributed by atoms with Crippen molar-refractivity contribution in [2.45, 2.75) is 27.2 Å². The van der Waals surface area contributed by atoms with Crippen LogP contribution < -0.4 is 0 Å². The Bertz CT molecular complexity index is 705. The van der Waals surface area contributed by atoms with Gasteiger partial charge in [0.25, 0.3) is 0 Å². The highest BCUT2D eigenvalue weighted by atomic mass is 14.3. The van der Waals surface area contributed by atoms with E-state index in [9.17, 15) is 0 Å². The molecule has 109 valence electrons. The highest BCUT2D eigenvalue weighted by Crippen LogP contribution is 2.37. The average Bonchev–Trinajstić information content (AvgIpc) is 2.52. The van der Waals surface area contributed by atoms with Crippen LogP contribution in [0.4, 0.5) is 0 Å². The summed E-state index contributed by atoms with van der Waals surface area (Å²) < 4.78 is 0. The monoisotopic (exact) mass is 287 g/mol. The van der Waals surface area contributed by atoms with Gasteiger partial charge in [-0.2, -0.15) is 10.5 Å². The van der Waals surface area contributed by atoms with Gasteiger partial charge in [0.2, 0.25) is 0 Å². The molecule has 0 bridgehead atoms. The van der Waals surface area contributed by atoms with E-state index in [2.05, 4.69) is 57.2 Å². The molecule has 0 heterocycles. The summed E-state index contributed by atoms with van der Waals surface area (Å²) in [5.74, 6) is 1.15. The highest BCUT2D eigenvalue weighted by molar-refractivity contribution is 5.65. The van der Waals surface area contributed by atoms with E-state index in [1.165, 1.54) is 0 Å². The average molecular weight is 287 g/mol. The van der Waals surface area contributed by atoms with Gasteiger partial charge in [-0.3, -0.25) is 0 Å². The summed E-state index contributed by atoms with van der Waals surface area (Å²) in [6.07, 6.45) is 0.444. The molecule has 0 atom stereocenters. The molecule has 2 rings (SSSR count). The minimum atomic E-state index is -0.0221. The smallest absolute Gasteiger partial charge is 0.0991 e. The van der Waals surface area contributed by atoms with E-state index in [1.807, 2.05) is 24.3 Å². The van der Waals surface area contributed by atoms with Crippen LogP contribution in [0.15, 0.2) is 48.5 Å². The van der Waals surface area contributed by atoms with Crippen LogP contribution in [0.2, 0.25) is 0 Å². The molecule has 0 unspecified atom stereocenters. The van der Waals surface area contributed by atoms with Gasteiger partial charge in [0.15, 0.2) is 0 Å². The summed E-state index contributed by atoms with van der Waals surface area (Å²) in [4.78, 5) is 0. The molecular formula is C20H19N2. The van der Waals surface area contributed by atoms with Gasteiger partial charge in [0, 0.05) is 12.3 Å². The molecule has 2 nitrogen and oxygen atoms in total. The van der Waals surface area contributed by atoms with Crippen LogP contribution in [-0.4, -0.2) is 0 Å². The number of nitrogens with zero attached hydrogens (tertiary/aromatic N) is 2. The first-order valence-corrected chi connectivity index (χ1v) is 7.30. The van der Waals surface area contributed by atoms with Crippen molar-refractivity contribution in [1.29, 1.82) is 10.5 Å². The Morgan fingerprint density at radius 3 is 1.77 bits per heavy atom. The quantitative estimate of drug-likeness (QED) is 0.787. The molecule has 0 N–H and O–H groups in total. The molecule has 0 aliphatic carbocycles. The molecular weight excluding hydrogens is 268 g/mol. The molecule has 22 heavy (non-hydrogen) atoms. The Labute approximate surface area is 132 Å². The Hall–Kier alpha value is -2.58. The van der Waals surface area contributed by atoms with E-state index in [0.29, 0.717) is 12.0 Å². The second-order valence-corrected chi connectivity index (χ2v) is 6.33. The molecule has 0 fully saturated rings. The van der Waals surface area contributed by atoms with Crippen LogP contribution in [0.1, 0.15) is 38.3 Å². The molecule has 0 aliphatic rings. The zero-order valence-corrected chi connectivity index (χ0v) is 13.2. The van der Waals surface area contributed by atoms with E-state index in [1.54, 1.807) is 0 Å². The molecule has 2 aromatic carbocycles. The predicted octanol–water partition coefficient (Wildman–Crippen LogP) is 5.11. The summed E-state index contributed by atoms with van der Waals surface area (Å²) in [6.45, 7) is 6.40. The van der Waals surface area contributed by atoms with Gasteiger partial charge in [-0.25, -0.2) is 0 Å². The van der Waals surface area contributed by atoms with Crippen molar-refractivity contribution in [1.82, 2.24) is 0 Å². The van der Waals surface area contributed by atoms with Crippen molar-refractivity contribution in [3.63, 3.8) is 0 Å². The maximum absolute atomic E-state index is 9.05.